The zero-order valence-corrected chi connectivity index (χ0v) is 11.8. The average Bonchev–Trinajstić information content (AvgIpc) is 3.05. The Morgan fingerprint density at radius 1 is 1.39 bits per heavy atom. The molecule has 0 radical (unpaired) electrons. The van der Waals surface area contributed by atoms with Crippen molar-refractivity contribution in [3.05, 3.63) is 44.8 Å². The third kappa shape index (κ3) is 3.34. The molecule has 2 rings (SSSR count). The van der Waals surface area contributed by atoms with E-state index in [9.17, 15) is 4.79 Å². The van der Waals surface area contributed by atoms with E-state index in [1.54, 1.807) is 22.7 Å². The van der Waals surface area contributed by atoms with Gasteiger partial charge in [0.05, 0.1) is 6.04 Å². The molecule has 0 bridgehead atoms. The van der Waals surface area contributed by atoms with Gasteiger partial charge in [0, 0.05) is 11.4 Å². The molecule has 0 saturated heterocycles. The van der Waals surface area contributed by atoms with Crippen LogP contribution in [-0.4, -0.2) is 12.6 Å². The quantitative estimate of drug-likeness (QED) is 0.863. The molecule has 0 saturated carbocycles. The summed E-state index contributed by atoms with van der Waals surface area (Å²) in [4.78, 5) is 12.9. The first-order valence-electron chi connectivity index (χ1n) is 5.91. The minimum absolute atomic E-state index is 0.0480. The molecule has 0 spiro atoms. The van der Waals surface area contributed by atoms with Crippen molar-refractivity contribution in [2.24, 2.45) is 0 Å². The first-order valence-corrected chi connectivity index (χ1v) is 7.73. The molecule has 2 aromatic heterocycles. The fourth-order valence-electron chi connectivity index (χ4n) is 1.63. The highest BCUT2D eigenvalue weighted by Crippen LogP contribution is 2.27. The summed E-state index contributed by atoms with van der Waals surface area (Å²) in [5.74, 6) is 0. The molecular weight excluding hydrogens is 264 g/mol. The van der Waals surface area contributed by atoms with Crippen molar-refractivity contribution < 1.29 is 4.79 Å². The number of rotatable bonds is 5. The number of thiophene rings is 2. The van der Waals surface area contributed by atoms with Gasteiger partial charge in [0.15, 0.2) is 0 Å². The number of carbonyl (C=O) groups is 1. The molecule has 2 heterocycles. The van der Waals surface area contributed by atoms with Crippen LogP contribution >= 0.6 is 22.7 Å². The van der Waals surface area contributed by atoms with Crippen LogP contribution in [0.5, 0.6) is 0 Å². The molecule has 3 nitrogen and oxygen atoms in total. The van der Waals surface area contributed by atoms with E-state index < -0.39 is 0 Å². The standard InChI is InChI=1S/C13H16N2OS2/c1-2-6-14-13(16)15-12(10-5-8-17-9-10)11-4-3-7-18-11/h3-5,7-9,12H,2,6H2,1H3,(H2,14,15,16). The molecule has 2 N–H and O–H groups in total. The van der Waals surface area contributed by atoms with Crippen molar-refractivity contribution in [2.45, 2.75) is 19.4 Å². The first-order chi connectivity index (χ1) is 8.81. The van der Waals surface area contributed by atoms with Crippen LogP contribution in [0.25, 0.3) is 0 Å². The summed E-state index contributed by atoms with van der Waals surface area (Å²) in [6.07, 6.45) is 0.940. The number of urea groups is 1. The molecule has 1 atom stereocenters. The van der Waals surface area contributed by atoms with Gasteiger partial charge in [0.1, 0.15) is 0 Å². The van der Waals surface area contributed by atoms with Crippen LogP contribution in [0.3, 0.4) is 0 Å². The second kappa shape index (κ2) is 6.56. The zero-order chi connectivity index (χ0) is 12.8. The van der Waals surface area contributed by atoms with Crippen molar-refractivity contribution in [1.29, 1.82) is 0 Å². The summed E-state index contributed by atoms with van der Waals surface area (Å²) in [6.45, 7) is 2.74. The molecule has 0 aromatic carbocycles. The Kier molecular flexibility index (Phi) is 4.78. The SMILES string of the molecule is CCCNC(=O)NC(c1ccsc1)c1cccs1. The highest BCUT2D eigenvalue weighted by Gasteiger charge is 2.17. The Balaban J connectivity index is 2.09. The van der Waals surface area contributed by atoms with Crippen LogP contribution < -0.4 is 10.6 Å². The topological polar surface area (TPSA) is 41.1 Å². The van der Waals surface area contributed by atoms with Crippen LogP contribution in [0.4, 0.5) is 4.79 Å². The second-order valence-electron chi connectivity index (χ2n) is 3.91. The van der Waals surface area contributed by atoms with Gasteiger partial charge in [-0.3, -0.25) is 0 Å². The summed E-state index contributed by atoms with van der Waals surface area (Å²) in [5.41, 5.74) is 1.13. The summed E-state index contributed by atoms with van der Waals surface area (Å²) in [5, 5.41) is 12.0. The van der Waals surface area contributed by atoms with Crippen molar-refractivity contribution in [3.63, 3.8) is 0 Å². The third-order valence-corrected chi connectivity index (χ3v) is 4.15. The lowest BCUT2D eigenvalue weighted by molar-refractivity contribution is 0.239. The van der Waals surface area contributed by atoms with Gasteiger partial charge in [-0.25, -0.2) is 4.79 Å². The van der Waals surface area contributed by atoms with Gasteiger partial charge in [-0.15, -0.1) is 11.3 Å². The maximum absolute atomic E-state index is 11.8. The Hall–Kier alpha value is -1.33. The van der Waals surface area contributed by atoms with E-state index >= 15 is 0 Å². The third-order valence-electron chi connectivity index (χ3n) is 2.52. The van der Waals surface area contributed by atoms with Gasteiger partial charge in [-0.1, -0.05) is 13.0 Å². The Bertz CT molecular complexity index is 431. The smallest absolute Gasteiger partial charge is 0.315 e. The molecule has 2 amide bonds. The molecule has 0 aliphatic heterocycles. The van der Waals surface area contributed by atoms with E-state index in [0.29, 0.717) is 6.54 Å². The summed E-state index contributed by atoms with van der Waals surface area (Å²) >= 11 is 3.30. The van der Waals surface area contributed by atoms with Gasteiger partial charge in [-0.05, 0) is 40.3 Å². The lowest BCUT2D eigenvalue weighted by Crippen LogP contribution is -2.38. The predicted octanol–water partition coefficient (Wildman–Crippen LogP) is 3.61. The summed E-state index contributed by atoms with van der Waals surface area (Å²) in [6, 6.07) is 5.95. The van der Waals surface area contributed by atoms with Crippen LogP contribution in [0.1, 0.15) is 29.8 Å². The first kappa shape index (κ1) is 13.1. The van der Waals surface area contributed by atoms with E-state index in [0.717, 1.165) is 16.9 Å². The van der Waals surface area contributed by atoms with Crippen molar-refractivity contribution in [2.75, 3.05) is 6.54 Å². The number of amides is 2. The number of hydrogen-bond donors (Lipinski definition) is 2. The fraction of sp³-hybridized carbons (Fsp3) is 0.308. The lowest BCUT2D eigenvalue weighted by atomic mass is 10.1. The van der Waals surface area contributed by atoms with E-state index in [1.165, 1.54) is 0 Å². The van der Waals surface area contributed by atoms with Crippen molar-refractivity contribution >= 4 is 28.7 Å². The Morgan fingerprint density at radius 2 is 2.28 bits per heavy atom. The van der Waals surface area contributed by atoms with Crippen LogP contribution in [-0.2, 0) is 0 Å². The van der Waals surface area contributed by atoms with Gasteiger partial charge in [0.25, 0.3) is 0 Å². The molecule has 96 valence electrons. The van der Waals surface area contributed by atoms with Gasteiger partial charge < -0.3 is 10.6 Å². The second-order valence-corrected chi connectivity index (χ2v) is 5.66. The molecular formula is C13H16N2OS2. The number of nitrogens with one attached hydrogen (secondary N) is 2. The highest BCUT2D eigenvalue weighted by atomic mass is 32.1. The van der Waals surface area contributed by atoms with E-state index in [2.05, 4.69) is 22.1 Å². The molecule has 0 aliphatic carbocycles. The van der Waals surface area contributed by atoms with Crippen molar-refractivity contribution in [1.82, 2.24) is 10.6 Å². The lowest BCUT2D eigenvalue weighted by Gasteiger charge is -2.17. The summed E-state index contributed by atoms with van der Waals surface area (Å²) in [7, 11) is 0. The Labute approximate surface area is 115 Å². The fourth-order valence-corrected chi connectivity index (χ4v) is 3.12. The molecule has 0 fully saturated rings. The molecule has 5 heteroatoms. The molecule has 0 aliphatic rings. The molecule has 18 heavy (non-hydrogen) atoms. The predicted molar refractivity (Wildman–Crippen MR) is 77.3 cm³/mol. The normalized spacial score (nSPS) is 12.1. The van der Waals surface area contributed by atoms with E-state index in [-0.39, 0.29) is 12.1 Å². The van der Waals surface area contributed by atoms with Gasteiger partial charge in [-0.2, -0.15) is 11.3 Å². The zero-order valence-electron chi connectivity index (χ0n) is 10.2. The van der Waals surface area contributed by atoms with E-state index in [1.807, 2.05) is 29.8 Å². The average molecular weight is 280 g/mol. The molecule has 1 unspecified atom stereocenters. The van der Waals surface area contributed by atoms with Crippen molar-refractivity contribution in [3.8, 4) is 0 Å². The van der Waals surface area contributed by atoms with Crippen LogP contribution in [0, 0.1) is 0 Å². The number of carbonyl (C=O) groups excluding carboxylic acids is 1. The van der Waals surface area contributed by atoms with Gasteiger partial charge >= 0.3 is 6.03 Å². The maximum Gasteiger partial charge on any atom is 0.315 e. The number of hydrogen-bond acceptors (Lipinski definition) is 3. The Morgan fingerprint density at radius 3 is 2.89 bits per heavy atom. The largest absolute Gasteiger partial charge is 0.338 e. The highest BCUT2D eigenvalue weighted by molar-refractivity contribution is 7.10. The van der Waals surface area contributed by atoms with E-state index in [4.69, 9.17) is 0 Å². The van der Waals surface area contributed by atoms with Crippen LogP contribution in [0.2, 0.25) is 0 Å². The van der Waals surface area contributed by atoms with Gasteiger partial charge in [0.2, 0.25) is 0 Å². The van der Waals surface area contributed by atoms with Crippen LogP contribution in [0.15, 0.2) is 34.3 Å². The summed E-state index contributed by atoms with van der Waals surface area (Å²) < 4.78 is 0. The minimum Gasteiger partial charge on any atom is -0.338 e. The minimum atomic E-state index is -0.110. The monoisotopic (exact) mass is 280 g/mol. The maximum atomic E-state index is 11.8. The molecule has 2 aromatic rings.